The SMILES string of the molecule is CCNC(=NCc1cc(Br)cs1)NC1CCN(Cc2ccccc2)CC1. The molecule has 4 nitrogen and oxygen atoms in total. The summed E-state index contributed by atoms with van der Waals surface area (Å²) >= 11 is 5.25. The minimum absolute atomic E-state index is 0.495. The number of guanidine groups is 1. The van der Waals surface area contributed by atoms with Crippen LogP contribution in [0.25, 0.3) is 0 Å². The molecule has 1 fully saturated rings. The molecule has 0 radical (unpaired) electrons. The molecule has 0 aliphatic carbocycles. The number of piperidine rings is 1. The van der Waals surface area contributed by atoms with Crippen LogP contribution in [0.2, 0.25) is 0 Å². The number of hydrogen-bond acceptors (Lipinski definition) is 3. The zero-order chi connectivity index (χ0) is 18.2. The molecule has 140 valence electrons. The van der Waals surface area contributed by atoms with E-state index in [4.69, 9.17) is 4.99 Å². The van der Waals surface area contributed by atoms with Crippen molar-refractivity contribution in [3.63, 3.8) is 0 Å². The molecule has 2 N–H and O–H groups in total. The second kappa shape index (κ2) is 10.1. The topological polar surface area (TPSA) is 39.7 Å². The number of aliphatic imine (C=N–C) groups is 1. The third-order valence-corrected chi connectivity index (χ3v) is 6.22. The highest BCUT2D eigenvalue weighted by Crippen LogP contribution is 2.20. The van der Waals surface area contributed by atoms with E-state index in [1.54, 1.807) is 11.3 Å². The first kappa shape index (κ1) is 19.4. The third-order valence-electron chi connectivity index (χ3n) is 4.54. The first-order valence-corrected chi connectivity index (χ1v) is 10.9. The van der Waals surface area contributed by atoms with Gasteiger partial charge in [-0.1, -0.05) is 30.3 Å². The Bertz CT molecular complexity index is 693. The van der Waals surface area contributed by atoms with Gasteiger partial charge in [0, 0.05) is 47.0 Å². The lowest BCUT2D eigenvalue weighted by atomic mass is 10.0. The van der Waals surface area contributed by atoms with Crippen molar-refractivity contribution in [1.82, 2.24) is 15.5 Å². The summed E-state index contributed by atoms with van der Waals surface area (Å²) in [6, 6.07) is 13.4. The van der Waals surface area contributed by atoms with Gasteiger partial charge in [0.1, 0.15) is 0 Å². The average Bonchev–Trinajstić information content (AvgIpc) is 3.08. The number of likely N-dealkylation sites (tertiary alicyclic amines) is 1. The summed E-state index contributed by atoms with van der Waals surface area (Å²) in [5.74, 6) is 0.929. The van der Waals surface area contributed by atoms with Crippen LogP contribution in [0.4, 0.5) is 0 Å². The van der Waals surface area contributed by atoms with Crippen LogP contribution >= 0.6 is 27.3 Å². The second-order valence-electron chi connectivity index (χ2n) is 6.61. The molecule has 3 rings (SSSR count). The number of nitrogens with zero attached hydrogens (tertiary/aromatic N) is 2. The van der Waals surface area contributed by atoms with E-state index in [9.17, 15) is 0 Å². The van der Waals surface area contributed by atoms with Gasteiger partial charge in [-0.25, -0.2) is 4.99 Å². The molecular weight excluding hydrogens is 408 g/mol. The van der Waals surface area contributed by atoms with Crippen molar-refractivity contribution in [3.05, 3.63) is 56.7 Å². The molecule has 1 aromatic carbocycles. The number of benzene rings is 1. The number of thiophene rings is 1. The number of halogens is 1. The van der Waals surface area contributed by atoms with Crippen LogP contribution in [0.3, 0.4) is 0 Å². The normalized spacial score (nSPS) is 16.6. The second-order valence-corrected chi connectivity index (χ2v) is 8.52. The van der Waals surface area contributed by atoms with E-state index in [0.717, 1.165) is 56.0 Å². The lowest BCUT2D eigenvalue weighted by Gasteiger charge is -2.33. The van der Waals surface area contributed by atoms with Crippen molar-refractivity contribution in [3.8, 4) is 0 Å². The van der Waals surface area contributed by atoms with Crippen molar-refractivity contribution in [2.75, 3.05) is 19.6 Å². The smallest absolute Gasteiger partial charge is 0.191 e. The Morgan fingerprint density at radius 1 is 1.27 bits per heavy atom. The van der Waals surface area contributed by atoms with Crippen LogP contribution in [-0.4, -0.2) is 36.5 Å². The predicted octanol–water partition coefficient (Wildman–Crippen LogP) is 4.23. The van der Waals surface area contributed by atoms with Crippen molar-refractivity contribution >= 4 is 33.2 Å². The van der Waals surface area contributed by atoms with Crippen LogP contribution in [0.15, 0.2) is 51.2 Å². The molecule has 0 unspecified atom stereocenters. The van der Waals surface area contributed by atoms with Crippen LogP contribution in [-0.2, 0) is 13.1 Å². The van der Waals surface area contributed by atoms with Gasteiger partial charge in [0.15, 0.2) is 5.96 Å². The molecule has 0 amide bonds. The van der Waals surface area contributed by atoms with Gasteiger partial charge in [-0.3, -0.25) is 4.90 Å². The van der Waals surface area contributed by atoms with Crippen molar-refractivity contribution in [2.45, 2.75) is 38.9 Å². The highest BCUT2D eigenvalue weighted by Gasteiger charge is 2.20. The maximum atomic E-state index is 4.75. The van der Waals surface area contributed by atoms with Gasteiger partial charge in [-0.2, -0.15) is 0 Å². The van der Waals surface area contributed by atoms with Crippen LogP contribution in [0, 0.1) is 0 Å². The summed E-state index contributed by atoms with van der Waals surface area (Å²) in [4.78, 5) is 8.56. The van der Waals surface area contributed by atoms with Gasteiger partial charge in [0.05, 0.1) is 6.54 Å². The largest absolute Gasteiger partial charge is 0.357 e. The van der Waals surface area contributed by atoms with Crippen molar-refractivity contribution in [1.29, 1.82) is 0 Å². The highest BCUT2D eigenvalue weighted by molar-refractivity contribution is 9.10. The maximum absolute atomic E-state index is 4.75. The van der Waals surface area contributed by atoms with Gasteiger partial charge in [0.25, 0.3) is 0 Å². The number of rotatable bonds is 6. The summed E-state index contributed by atoms with van der Waals surface area (Å²) < 4.78 is 1.14. The molecule has 0 saturated carbocycles. The fourth-order valence-corrected chi connectivity index (χ4v) is 4.56. The molecule has 1 aliphatic heterocycles. The number of hydrogen-bond donors (Lipinski definition) is 2. The molecule has 0 atom stereocenters. The van der Waals surface area contributed by atoms with E-state index in [1.807, 2.05) is 0 Å². The van der Waals surface area contributed by atoms with Gasteiger partial charge >= 0.3 is 0 Å². The Labute approximate surface area is 168 Å². The Morgan fingerprint density at radius 3 is 2.69 bits per heavy atom. The standard InChI is InChI=1S/C20H27BrN4S/c1-2-22-20(23-13-19-12-17(21)15-26-19)24-18-8-10-25(11-9-18)14-16-6-4-3-5-7-16/h3-7,12,15,18H,2,8-11,13-14H2,1H3,(H2,22,23,24). The predicted molar refractivity (Wildman–Crippen MR) is 115 cm³/mol. The molecule has 0 spiro atoms. The zero-order valence-electron chi connectivity index (χ0n) is 15.2. The van der Waals surface area contributed by atoms with Crippen LogP contribution in [0.5, 0.6) is 0 Å². The summed E-state index contributed by atoms with van der Waals surface area (Å²) in [6.45, 7) is 7.02. The molecule has 0 bridgehead atoms. The third kappa shape index (κ3) is 6.11. The van der Waals surface area contributed by atoms with E-state index in [-0.39, 0.29) is 0 Å². The molecule has 2 aromatic rings. The van der Waals surface area contributed by atoms with Crippen molar-refractivity contribution < 1.29 is 0 Å². The van der Waals surface area contributed by atoms with E-state index in [0.29, 0.717) is 6.04 Å². The maximum Gasteiger partial charge on any atom is 0.191 e. The van der Waals surface area contributed by atoms with Gasteiger partial charge in [-0.15, -0.1) is 11.3 Å². The van der Waals surface area contributed by atoms with E-state index < -0.39 is 0 Å². The summed E-state index contributed by atoms with van der Waals surface area (Å²) in [5, 5.41) is 9.10. The van der Waals surface area contributed by atoms with Gasteiger partial charge in [-0.05, 0) is 47.3 Å². The Balaban J connectivity index is 1.47. The van der Waals surface area contributed by atoms with Crippen LogP contribution < -0.4 is 10.6 Å². The quantitative estimate of drug-likeness (QED) is 0.527. The van der Waals surface area contributed by atoms with E-state index in [2.05, 4.69) is 80.2 Å². The molecule has 6 heteroatoms. The first-order chi connectivity index (χ1) is 12.7. The molecular formula is C20H27BrN4S. The van der Waals surface area contributed by atoms with Crippen molar-refractivity contribution in [2.24, 2.45) is 4.99 Å². The van der Waals surface area contributed by atoms with Crippen LogP contribution in [0.1, 0.15) is 30.2 Å². The monoisotopic (exact) mass is 434 g/mol. The lowest BCUT2D eigenvalue weighted by Crippen LogP contribution is -2.48. The van der Waals surface area contributed by atoms with Gasteiger partial charge in [0.2, 0.25) is 0 Å². The van der Waals surface area contributed by atoms with Gasteiger partial charge < -0.3 is 10.6 Å². The summed E-state index contributed by atoms with van der Waals surface area (Å²) in [7, 11) is 0. The average molecular weight is 435 g/mol. The number of nitrogens with one attached hydrogen (secondary N) is 2. The Kier molecular flexibility index (Phi) is 7.53. The fourth-order valence-electron chi connectivity index (χ4n) is 3.18. The molecule has 1 aromatic heterocycles. The molecule has 1 aliphatic rings. The first-order valence-electron chi connectivity index (χ1n) is 9.27. The summed E-state index contributed by atoms with van der Waals surface area (Å²) in [5.41, 5.74) is 1.40. The fraction of sp³-hybridized carbons (Fsp3) is 0.450. The highest BCUT2D eigenvalue weighted by atomic mass is 79.9. The minimum atomic E-state index is 0.495. The van der Waals surface area contributed by atoms with E-state index >= 15 is 0 Å². The Morgan fingerprint density at radius 2 is 2.04 bits per heavy atom. The van der Waals surface area contributed by atoms with E-state index in [1.165, 1.54) is 10.4 Å². The minimum Gasteiger partial charge on any atom is -0.357 e. The zero-order valence-corrected chi connectivity index (χ0v) is 17.7. The Hall–Kier alpha value is -1.37. The molecule has 2 heterocycles. The molecule has 26 heavy (non-hydrogen) atoms. The lowest BCUT2D eigenvalue weighted by molar-refractivity contribution is 0.198. The molecule has 1 saturated heterocycles. The summed E-state index contributed by atoms with van der Waals surface area (Å²) in [6.07, 6.45) is 2.31.